The Morgan fingerprint density at radius 3 is 0.817 bits per heavy atom. The summed E-state index contributed by atoms with van der Waals surface area (Å²) in [5, 5.41) is 8.62. The van der Waals surface area contributed by atoms with Crippen molar-refractivity contribution in [2.24, 2.45) is 0 Å². The number of pyridine rings is 1. The first-order valence-corrected chi connectivity index (χ1v) is 15.5. The van der Waals surface area contributed by atoms with Crippen LogP contribution >= 0.6 is 0 Å². The number of halogens is 20. The van der Waals surface area contributed by atoms with E-state index in [9.17, 15) is 52.7 Å². The molecule has 1 heterocycles. The largest absolute Gasteiger partial charge is 0.232 e. The maximum atomic E-state index is 15.4. The van der Waals surface area contributed by atoms with Gasteiger partial charge in [-0.3, -0.25) is 0 Å². The van der Waals surface area contributed by atoms with Gasteiger partial charge in [0.1, 0.15) is 52.7 Å². The van der Waals surface area contributed by atoms with Gasteiger partial charge in [0.15, 0.2) is 69.8 Å². The van der Waals surface area contributed by atoms with E-state index in [-0.39, 0.29) is 0 Å². The summed E-state index contributed by atoms with van der Waals surface area (Å²) in [6.45, 7) is 0. The highest BCUT2D eigenvalue weighted by Crippen LogP contribution is 2.30. The van der Waals surface area contributed by atoms with Gasteiger partial charge in [-0.15, -0.1) is 21.9 Å². The zero-order valence-electron chi connectivity index (χ0n) is 28.1. The molecule has 0 spiro atoms. The van der Waals surface area contributed by atoms with Gasteiger partial charge in [0, 0.05) is 16.9 Å². The Balaban J connectivity index is 0.000000379. The predicted octanol–water partition coefficient (Wildman–Crippen LogP) is 7.53. The molecule has 0 unspecified atom stereocenters. The average molecular weight is 876 g/mol. The third kappa shape index (κ3) is 6.86. The van der Waals surface area contributed by atoms with Crippen LogP contribution in [0, 0.1) is 128 Å². The molecule has 6 rings (SSSR count). The van der Waals surface area contributed by atoms with Gasteiger partial charge < -0.3 is 0 Å². The van der Waals surface area contributed by atoms with E-state index < -0.39 is 144 Å². The van der Waals surface area contributed by atoms with Crippen molar-refractivity contribution < 1.29 is 97.4 Å². The third-order valence-corrected chi connectivity index (χ3v) is 8.59. The topological polar surface area (TPSA) is 36.9 Å². The van der Waals surface area contributed by atoms with Crippen LogP contribution in [0.1, 0.15) is 5.56 Å². The maximum absolute atomic E-state index is 15.4. The molecular weight excluding hydrogens is 867 g/mol. The molecule has 0 aliphatic heterocycles. The Morgan fingerprint density at radius 1 is 0.350 bits per heavy atom. The lowest BCUT2D eigenvalue weighted by molar-refractivity contribution is -0.875. The molecule has 0 aliphatic rings. The molecule has 0 saturated heterocycles. The van der Waals surface area contributed by atoms with E-state index in [0.717, 1.165) is 0 Å². The number of nitrogens with zero attached hydrogens (tertiary/aromatic N) is 2. The van der Waals surface area contributed by atoms with Gasteiger partial charge in [-0.25, -0.2) is 92.6 Å². The summed E-state index contributed by atoms with van der Waals surface area (Å²) < 4.78 is 296. The average Bonchev–Trinajstić information content (AvgIpc) is 3.24. The Bertz CT molecular complexity index is 2360. The summed E-state index contributed by atoms with van der Waals surface area (Å²) in [6, 6.07) is 14.7. The van der Waals surface area contributed by atoms with Gasteiger partial charge in [0.2, 0.25) is 18.1 Å². The first kappa shape index (κ1) is 44.3. The van der Waals surface area contributed by atoms with Crippen LogP contribution in [0.3, 0.4) is 0 Å². The lowest BCUT2D eigenvalue weighted by Gasteiger charge is -2.44. The van der Waals surface area contributed by atoms with Gasteiger partial charge >= 0.3 is 0 Å². The van der Waals surface area contributed by atoms with Crippen LogP contribution < -0.4 is 31.4 Å². The predicted molar refractivity (Wildman–Crippen MR) is 163 cm³/mol. The normalized spacial score (nSPS) is 11.3. The van der Waals surface area contributed by atoms with Crippen molar-refractivity contribution in [3.05, 3.63) is 177 Å². The minimum atomic E-state index is -7.22. The smallest absolute Gasteiger partial charge is 0.223 e. The molecule has 1 aromatic heterocycles. The second-order valence-electron chi connectivity index (χ2n) is 11.8. The molecule has 24 heteroatoms. The minimum absolute atomic E-state index is 0.625. The monoisotopic (exact) mass is 876 g/mol. The van der Waals surface area contributed by atoms with E-state index in [1.165, 1.54) is 0 Å². The van der Waals surface area contributed by atoms with Crippen molar-refractivity contribution >= 4 is 28.0 Å². The van der Waals surface area contributed by atoms with Crippen LogP contribution in [-0.4, -0.2) is 6.15 Å². The zero-order valence-corrected chi connectivity index (χ0v) is 28.1. The molecule has 5 aromatic carbocycles. The Hall–Kier alpha value is -6.80. The number of nitriles is 1. The highest BCUT2D eigenvalue weighted by molar-refractivity contribution is 7.20. The molecule has 60 heavy (non-hydrogen) atoms. The SMILES string of the molecule is Fc1c(F)c(F)c([B-](c2c(F)c(F)c(F)c(F)c2F)(c2c(F)c(F)c(F)c(F)c2F)c2c(F)c(F)c(F)c(F)c2F)c(F)c1F.N#Cc1ccc(O[n+]2ccccc2)cc1. The fraction of sp³-hybridized carbons (Fsp3) is 0. The van der Waals surface area contributed by atoms with Crippen molar-refractivity contribution in [3.8, 4) is 11.8 Å². The van der Waals surface area contributed by atoms with Crippen LogP contribution in [0.2, 0.25) is 0 Å². The van der Waals surface area contributed by atoms with Gasteiger partial charge in [-0.1, -0.05) is 6.07 Å². The Labute approximate surface area is 319 Å². The first-order valence-electron chi connectivity index (χ1n) is 15.5. The molecule has 0 N–H and O–H groups in total. The summed E-state index contributed by atoms with van der Waals surface area (Å²) in [6.07, 6.45) is -3.61. The molecule has 0 saturated carbocycles. The molecule has 0 atom stereocenters. The Morgan fingerprint density at radius 2 is 0.583 bits per heavy atom. The summed E-state index contributed by atoms with van der Waals surface area (Å²) in [4.78, 5) is 5.49. The summed E-state index contributed by atoms with van der Waals surface area (Å²) >= 11 is 0. The van der Waals surface area contributed by atoms with E-state index in [4.69, 9.17) is 10.1 Å². The second-order valence-corrected chi connectivity index (χ2v) is 11.8. The van der Waals surface area contributed by atoms with E-state index in [1.54, 1.807) is 41.4 Å². The van der Waals surface area contributed by atoms with Crippen LogP contribution in [0.4, 0.5) is 87.8 Å². The highest BCUT2D eigenvalue weighted by Gasteiger charge is 2.52. The van der Waals surface area contributed by atoms with E-state index >= 15 is 35.1 Å². The number of benzene rings is 5. The molecule has 312 valence electrons. The van der Waals surface area contributed by atoms with Crippen molar-refractivity contribution in [2.75, 3.05) is 0 Å². The fourth-order valence-corrected chi connectivity index (χ4v) is 6.03. The van der Waals surface area contributed by atoms with Crippen LogP contribution in [-0.2, 0) is 0 Å². The van der Waals surface area contributed by atoms with Crippen molar-refractivity contribution in [1.82, 2.24) is 0 Å². The van der Waals surface area contributed by atoms with Gasteiger partial charge in [-0.05, 0) is 24.3 Å². The van der Waals surface area contributed by atoms with Crippen LogP contribution in [0.15, 0.2) is 54.9 Å². The van der Waals surface area contributed by atoms with Gasteiger partial charge in [0.05, 0.1) is 11.6 Å². The van der Waals surface area contributed by atoms with Crippen molar-refractivity contribution in [1.29, 1.82) is 5.26 Å². The number of hydrogen-bond donors (Lipinski definition) is 0. The maximum Gasteiger partial charge on any atom is 0.223 e. The number of aromatic nitrogens is 1. The second kappa shape index (κ2) is 16.5. The van der Waals surface area contributed by atoms with E-state index in [2.05, 4.69) is 6.07 Å². The van der Waals surface area contributed by atoms with Crippen molar-refractivity contribution in [3.63, 3.8) is 0 Å². The zero-order chi connectivity index (χ0) is 44.9. The van der Waals surface area contributed by atoms with Gasteiger partial charge in [0.25, 0.3) is 0 Å². The standard InChI is InChI=1S/C24BF20.C12H9N2O/c26-5-1(6(27)14(35)21(42)13(5)34)25(2-7(28)15(36)22(43)16(37)8(2)29,3-9(30)17(38)23(44)18(39)10(3)31)4-11(32)19(40)24(45)20(41)12(4)33;13-10-11-4-6-12(7-5-11)15-14-8-2-1-3-9-14/h;1-9H/q-1;+1. The van der Waals surface area contributed by atoms with Crippen LogP contribution in [0.5, 0.6) is 5.75 Å². The number of hydrogen-bond acceptors (Lipinski definition) is 2. The molecule has 3 nitrogen and oxygen atoms in total. The molecule has 6 aromatic rings. The molecule has 0 bridgehead atoms. The van der Waals surface area contributed by atoms with E-state index in [0.29, 0.717) is 11.3 Å². The Kier molecular flexibility index (Phi) is 12.2. The quantitative estimate of drug-likeness (QED) is 0.0571. The molecular formula is C36H9BF20N2O. The molecule has 0 radical (unpaired) electrons. The van der Waals surface area contributed by atoms with Crippen molar-refractivity contribution in [2.45, 2.75) is 0 Å². The molecule has 0 amide bonds. The first-order chi connectivity index (χ1) is 28.1. The van der Waals surface area contributed by atoms with E-state index in [1.807, 2.05) is 18.2 Å². The number of rotatable bonds is 6. The lowest BCUT2D eigenvalue weighted by atomic mass is 9.12. The van der Waals surface area contributed by atoms with Gasteiger partial charge in [-0.2, -0.15) is 5.26 Å². The minimum Gasteiger partial charge on any atom is -0.232 e. The molecule has 0 aliphatic carbocycles. The summed E-state index contributed by atoms with van der Waals surface area (Å²) in [5.74, 6) is -70.7. The lowest BCUT2D eigenvalue weighted by Crippen LogP contribution is -2.81. The highest BCUT2D eigenvalue weighted by atomic mass is 19.2. The summed E-state index contributed by atoms with van der Waals surface area (Å²) in [7, 11) is 0. The molecule has 0 fully saturated rings. The fourth-order valence-electron chi connectivity index (χ4n) is 6.03. The third-order valence-electron chi connectivity index (χ3n) is 8.59. The summed E-state index contributed by atoms with van der Waals surface area (Å²) in [5.41, 5.74) is -13.7. The van der Waals surface area contributed by atoms with Crippen LogP contribution in [0.25, 0.3) is 0 Å².